The molecule has 3 aromatic rings. The van der Waals surface area contributed by atoms with Gasteiger partial charge in [-0.2, -0.15) is 13.2 Å². The molecule has 3 aliphatic rings. The van der Waals surface area contributed by atoms with Crippen molar-refractivity contribution in [3.05, 3.63) is 71.5 Å². The van der Waals surface area contributed by atoms with Crippen molar-refractivity contribution < 1.29 is 22.7 Å². The van der Waals surface area contributed by atoms with E-state index in [-0.39, 0.29) is 18.4 Å². The van der Waals surface area contributed by atoms with Crippen molar-refractivity contribution in [2.45, 2.75) is 26.3 Å². The van der Waals surface area contributed by atoms with Crippen LogP contribution < -0.4 is 15.0 Å². The van der Waals surface area contributed by atoms with E-state index in [1.807, 2.05) is 4.90 Å². The lowest BCUT2D eigenvalue weighted by atomic mass is 9.60. The number of nitrogens with one attached hydrogen (secondary N) is 1. The highest BCUT2D eigenvalue weighted by Crippen LogP contribution is 2.54. The maximum absolute atomic E-state index is 12.6. The second kappa shape index (κ2) is 10.0. The van der Waals surface area contributed by atoms with Gasteiger partial charge in [0.05, 0.1) is 0 Å². The number of rotatable bonds is 7. The summed E-state index contributed by atoms with van der Waals surface area (Å²) in [7, 11) is 0. The topological polar surface area (TPSA) is 83.5 Å². The highest BCUT2D eigenvalue weighted by molar-refractivity contribution is 5.73. The van der Waals surface area contributed by atoms with Gasteiger partial charge in [0.25, 0.3) is 0 Å². The molecular weight excluding hydrogens is 509 g/mol. The van der Waals surface area contributed by atoms with E-state index in [0.29, 0.717) is 41.6 Å². The van der Waals surface area contributed by atoms with E-state index in [2.05, 4.69) is 49.7 Å². The lowest BCUT2D eigenvalue weighted by Crippen LogP contribution is -2.44. The minimum Gasteiger partial charge on any atom is -0.472 e. The van der Waals surface area contributed by atoms with Gasteiger partial charge in [0.1, 0.15) is 18.1 Å². The zero-order chi connectivity index (χ0) is 27.1. The van der Waals surface area contributed by atoms with E-state index in [1.165, 1.54) is 11.8 Å². The fourth-order valence-corrected chi connectivity index (χ4v) is 6.19. The molecule has 2 aliphatic heterocycles. The van der Waals surface area contributed by atoms with Crippen molar-refractivity contribution in [3.63, 3.8) is 0 Å². The number of amides is 1. The number of carbonyl (C=O) groups excluding carboxylic acids is 1. The van der Waals surface area contributed by atoms with Crippen LogP contribution in [-0.2, 0) is 24.1 Å². The monoisotopic (exact) mass is 538 g/mol. The second-order valence-electron chi connectivity index (χ2n) is 10.6. The number of hydrogen-bond acceptors (Lipinski definition) is 7. The van der Waals surface area contributed by atoms with Crippen molar-refractivity contribution in [2.24, 2.45) is 23.7 Å². The van der Waals surface area contributed by atoms with Crippen LogP contribution in [0.25, 0.3) is 0 Å². The molecule has 4 atom stereocenters. The van der Waals surface area contributed by atoms with E-state index >= 15 is 0 Å². The number of benzene rings is 1. The summed E-state index contributed by atoms with van der Waals surface area (Å²) in [4.78, 5) is 19.7. The van der Waals surface area contributed by atoms with Crippen molar-refractivity contribution in [1.82, 2.24) is 20.1 Å². The van der Waals surface area contributed by atoms with E-state index in [1.54, 1.807) is 19.1 Å². The Bertz CT molecular complexity index is 1300. The number of aromatic nitrogens is 3. The number of fused-ring (bicyclic) bond motifs is 4. The fraction of sp³-hybridized carbons (Fsp3) is 0.429. The molecule has 2 aromatic heterocycles. The number of nitrogens with zero attached hydrogens (tertiary/aromatic N) is 5. The molecule has 2 saturated heterocycles. The van der Waals surface area contributed by atoms with Crippen molar-refractivity contribution in [1.29, 1.82) is 0 Å². The zero-order valence-electron chi connectivity index (χ0n) is 21.4. The van der Waals surface area contributed by atoms with Crippen molar-refractivity contribution in [3.8, 4) is 5.88 Å². The van der Waals surface area contributed by atoms with Gasteiger partial charge in [0.2, 0.25) is 11.8 Å². The van der Waals surface area contributed by atoms with E-state index < -0.39 is 11.9 Å². The van der Waals surface area contributed by atoms with Crippen LogP contribution in [0.1, 0.15) is 23.7 Å². The zero-order valence-corrected chi connectivity index (χ0v) is 21.4. The van der Waals surface area contributed by atoms with E-state index in [9.17, 15) is 18.0 Å². The van der Waals surface area contributed by atoms with Crippen LogP contribution in [0.15, 0.2) is 54.7 Å². The largest absolute Gasteiger partial charge is 0.472 e. The summed E-state index contributed by atoms with van der Waals surface area (Å²) in [6.45, 7) is 6.27. The lowest BCUT2D eigenvalue weighted by molar-refractivity contribution is -0.141. The summed E-state index contributed by atoms with van der Waals surface area (Å²) in [5.41, 5.74) is 1.91. The normalized spacial score (nSPS) is 23.7. The first-order valence-electron chi connectivity index (χ1n) is 13.1. The summed E-state index contributed by atoms with van der Waals surface area (Å²) in [6.07, 6.45) is -3.33. The Labute approximate surface area is 224 Å². The quantitative estimate of drug-likeness (QED) is 0.482. The van der Waals surface area contributed by atoms with Gasteiger partial charge in [-0.05, 0) is 53.5 Å². The van der Waals surface area contributed by atoms with Gasteiger partial charge in [-0.3, -0.25) is 9.78 Å². The summed E-state index contributed by atoms with van der Waals surface area (Å²) in [6, 6.07) is 14.2. The third-order valence-corrected chi connectivity index (χ3v) is 8.29. The molecule has 3 fully saturated rings. The highest BCUT2D eigenvalue weighted by atomic mass is 19.4. The Morgan fingerprint density at radius 3 is 2.15 bits per heavy atom. The molecule has 1 aliphatic carbocycles. The number of likely N-dealkylation sites (tertiary alicyclic amines) is 1. The molecule has 0 bridgehead atoms. The van der Waals surface area contributed by atoms with Crippen LogP contribution in [0, 0.1) is 23.7 Å². The SMILES string of the molecule is CC(=O)N1C[C@@H]2[C@H](C1)[C@H]1CN(c3ccc(CNc4ccc(OCc5ccc(C(F)(F)F)nc5)nn4)cc3)C[C@@H]21. The number of anilines is 2. The molecule has 0 radical (unpaired) electrons. The van der Waals surface area contributed by atoms with Gasteiger partial charge in [-0.25, -0.2) is 0 Å². The Morgan fingerprint density at radius 1 is 0.923 bits per heavy atom. The van der Waals surface area contributed by atoms with Crippen LogP contribution in [0.3, 0.4) is 0 Å². The van der Waals surface area contributed by atoms with Gasteiger partial charge >= 0.3 is 6.18 Å². The van der Waals surface area contributed by atoms with E-state index in [0.717, 1.165) is 44.0 Å². The first-order chi connectivity index (χ1) is 18.7. The number of pyridine rings is 1. The maximum Gasteiger partial charge on any atom is 0.433 e. The Kier molecular flexibility index (Phi) is 6.52. The fourth-order valence-electron chi connectivity index (χ4n) is 6.19. The minimum atomic E-state index is -4.47. The lowest BCUT2D eigenvalue weighted by Gasteiger charge is -2.42. The summed E-state index contributed by atoms with van der Waals surface area (Å²) in [5.74, 6) is 3.76. The standard InChI is InChI=1S/C28H29F3N6O2/c1-17(38)36-12-21-22(13-36)24-15-37(14-23(21)24)20-5-2-18(3-6-20)10-33-26-8-9-27(35-34-26)39-16-19-4-7-25(32-11-19)28(29,30)31/h2-9,11,21-24H,10,12-16H2,1H3,(H,33,34)/t21-,22+,23+,24-. The molecule has 0 spiro atoms. The van der Waals surface area contributed by atoms with Crippen LogP contribution in [0.2, 0.25) is 0 Å². The van der Waals surface area contributed by atoms with Crippen LogP contribution in [-0.4, -0.2) is 52.2 Å². The molecule has 6 rings (SSSR count). The number of hydrogen-bond donors (Lipinski definition) is 1. The highest BCUT2D eigenvalue weighted by Gasteiger charge is 2.58. The molecule has 1 amide bonds. The van der Waals surface area contributed by atoms with Crippen molar-refractivity contribution >= 4 is 17.4 Å². The van der Waals surface area contributed by atoms with Crippen LogP contribution >= 0.6 is 0 Å². The third-order valence-electron chi connectivity index (χ3n) is 8.29. The first-order valence-corrected chi connectivity index (χ1v) is 13.1. The average molecular weight is 539 g/mol. The number of carbonyl (C=O) groups is 1. The molecule has 0 unspecified atom stereocenters. The summed E-state index contributed by atoms with van der Waals surface area (Å²) >= 11 is 0. The molecule has 1 saturated carbocycles. The summed E-state index contributed by atoms with van der Waals surface area (Å²) < 4.78 is 43.4. The van der Waals surface area contributed by atoms with Crippen LogP contribution in [0.4, 0.5) is 24.7 Å². The number of halogens is 3. The summed E-state index contributed by atoms with van der Waals surface area (Å²) in [5, 5.41) is 11.4. The van der Waals surface area contributed by atoms with Gasteiger partial charge < -0.3 is 19.9 Å². The first kappa shape index (κ1) is 25.4. The van der Waals surface area contributed by atoms with Gasteiger partial charge in [0, 0.05) is 63.2 Å². The Morgan fingerprint density at radius 2 is 1.59 bits per heavy atom. The van der Waals surface area contributed by atoms with Crippen LogP contribution in [0.5, 0.6) is 5.88 Å². The smallest absolute Gasteiger partial charge is 0.433 e. The van der Waals surface area contributed by atoms with Gasteiger partial charge in [-0.1, -0.05) is 18.2 Å². The molecule has 11 heteroatoms. The second-order valence-corrected chi connectivity index (χ2v) is 10.6. The Balaban J connectivity index is 0.961. The molecule has 1 N–H and O–H groups in total. The molecule has 204 valence electrons. The third kappa shape index (κ3) is 5.22. The van der Waals surface area contributed by atoms with Crippen molar-refractivity contribution in [2.75, 3.05) is 36.4 Å². The molecule has 8 nitrogen and oxygen atoms in total. The van der Waals surface area contributed by atoms with Gasteiger partial charge in [0.15, 0.2) is 0 Å². The van der Waals surface area contributed by atoms with Gasteiger partial charge in [-0.15, -0.1) is 10.2 Å². The van der Waals surface area contributed by atoms with E-state index in [4.69, 9.17) is 4.74 Å². The molecular formula is C28H29F3N6O2. The predicted octanol–water partition coefficient (Wildman–Crippen LogP) is 4.24. The predicted molar refractivity (Wildman–Crippen MR) is 138 cm³/mol. The molecule has 4 heterocycles. The minimum absolute atomic E-state index is 0.0373. The maximum atomic E-state index is 12.6. The average Bonchev–Trinajstić information content (AvgIpc) is 3.50. The molecule has 39 heavy (non-hydrogen) atoms. The number of ether oxygens (including phenoxy) is 1. The number of alkyl halides is 3. The molecule has 1 aromatic carbocycles. The Hall–Kier alpha value is -3.89.